The molecule has 0 aliphatic carbocycles. The third kappa shape index (κ3) is 2.96. The fourth-order valence-corrected chi connectivity index (χ4v) is 1.47. The van der Waals surface area contributed by atoms with Crippen molar-refractivity contribution >= 4 is 6.29 Å². The maximum Gasteiger partial charge on any atom is 0.120 e. The number of carbonyl (C=O) groups is 1. The molecule has 1 rings (SSSR count). The molecular formula is C12H16O2. The van der Waals surface area contributed by atoms with Crippen molar-refractivity contribution in [3.8, 4) is 0 Å². The zero-order valence-electron chi connectivity index (χ0n) is 8.39. The van der Waals surface area contributed by atoms with E-state index in [1.54, 1.807) is 0 Å². The molecule has 1 N–H and O–H groups in total. The highest BCUT2D eigenvalue weighted by atomic mass is 16.3. The number of carbonyl (C=O) groups excluding carboxylic acids is 1. The Morgan fingerprint density at radius 3 is 2.57 bits per heavy atom. The Morgan fingerprint density at radius 2 is 2.00 bits per heavy atom. The van der Waals surface area contributed by atoms with Gasteiger partial charge in [-0.15, -0.1) is 0 Å². The average molecular weight is 192 g/mol. The van der Waals surface area contributed by atoms with Gasteiger partial charge >= 0.3 is 0 Å². The van der Waals surface area contributed by atoms with Crippen molar-refractivity contribution < 1.29 is 9.90 Å². The van der Waals surface area contributed by atoms with Crippen LogP contribution in [-0.4, -0.2) is 11.4 Å². The Bertz CT molecular complexity index is 269. The van der Waals surface area contributed by atoms with Crippen LogP contribution in [0.15, 0.2) is 30.3 Å². The molecule has 2 heteroatoms. The molecule has 2 nitrogen and oxygen atoms in total. The molecule has 0 heterocycles. The molecule has 14 heavy (non-hydrogen) atoms. The molecule has 0 radical (unpaired) electrons. The summed E-state index contributed by atoms with van der Waals surface area (Å²) in [6.07, 6.45) is 1.69. The molecule has 2 unspecified atom stereocenters. The van der Waals surface area contributed by atoms with E-state index in [2.05, 4.69) is 0 Å². The van der Waals surface area contributed by atoms with Crippen LogP contribution in [0, 0.1) is 5.92 Å². The Balaban J connectivity index is 2.56. The monoisotopic (exact) mass is 192 g/mol. The van der Waals surface area contributed by atoms with E-state index in [4.69, 9.17) is 0 Å². The molecule has 1 aromatic carbocycles. The van der Waals surface area contributed by atoms with Crippen LogP contribution in [0.3, 0.4) is 0 Å². The van der Waals surface area contributed by atoms with Gasteiger partial charge in [-0.1, -0.05) is 37.3 Å². The molecule has 0 fully saturated rings. The highest BCUT2D eigenvalue weighted by molar-refractivity contribution is 5.49. The smallest absolute Gasteiger partial charge is 0.120 e. The summed E-state index contributed by atoms with van der Waals surface area (Å²) < 4.78 is 0. The van der Waals surface area contributed by atoms with Gasteiger partial charge in [0, 0.05) is 6.42 Å². The number of hydrogen-bond acceptors (Lipinski definition) is 2. The van der Waals surface area contributed by atoms with E-state index in [0.29, 0.717) is 6.42 Å². The quantitative estimate of drug-likeness (QED) is 0.727. The summed E-state index contributed by atoms with van der Waals surface area (Å²) in [4.78, 5) is 10.2. The van der Waals surface area contributed by atoms with E-state index >= 15 is 0 Å². The van der Waals surface area contributed by atoms with E-state index in [-0.39, 0.29) is 5.92 Å². The van der Waals surface area contributed by atoms with Crippen LogP contribution >= 0.6 is 0 Å². The van der Waals surface area contributed by atoms with Crippen molar-refractivity contribution in [2.45, 2.75) is 25.9 Å². The second-order valence-electron chi connectivity index (χ2n) is 3.58. The van der Waals surface area contributed by atoms with Crippen LogP contribution < -0.4 is 0 Å². The van der Waals surface area contributed by atoms with E-state index in [1.807, 2.05) is 37.3 Å². The zero-order chi connectivity index (χ0) is 10.4. The summed E-state index contributed by atoms with van der Waals surface area (Å²) in [6.45, 7) is 1.96. The molecular weight excluding hydrogens is 176 g/mol. The molecule has 0 aliphatic rings. The summed E-state index contributed by atoms with van der Waals surface area (Å²) in [5, 5.41) is 9.90. The number of rotatable bonds is 5. The summed E-state index contributed by atoms with van der Waals surface area (Å²) >= 11 is 0. The molecule has 0 saturated heterocycles. The van der Waals surface area contributed by atoms with Crippen LogP contribution in [0.1, 0.15) is 31.4 Å². The van der Waals surface area contributed by atoms with Crippen molar-refractivity contribution in [3.05, 3.63) is 35.9 Å². The van der Waals surface area contributed by atoms with Crippen LogP contribution in [0.4, 0.5) is 0 Å². The van der Waals surface area contributed by atoms with Crippen LogP contribution in [0.5, 0.6) is 0 Å². The maximum absolute atomic E-state index is 10.2. The predicted octanol–water partition coefficient (Wildman–Crippen LogP) is 2.34. The van der Waals surface area contributed by atoms with E-state index < -0.39 is 6.10 Å². The Hall–Kier alpha value is -1.15. The second kappa shape index (κ2) is 5.55. The lowest BCUT2D eigenvalue weighted by Gasteiger charge is -2.17. The van der Waals surface area contributed by atoms with Gasteiger partial charge < -0.3 is 9.90 Å². The fraction of sp³-hybridized carbons (Fsp3) is 0.417. The van der Waals surface area contributed by atoms with Gasteiger partial charge in [0.2, 0.25) is 0 Å². The largest absolute Gasteiger partial charge is 0.388 e. The number of hydrogen-bond donors (Lipinski definition) is 1. The molecule has 2 atom stereocenters. The number of aldehydes is 1. The first-order valence-electron chi connectivity index (χ1n) is 4.92. The lowest BCUT2D eigenvalue weighted by Crippen LogP contribution is -2.09. The molecule has 0 amide bonds. The van der Waals surface area contributed by atoms with Crippen molar-refractivity contribution in [2.75, 3.05) is 0 Å². The molecule has 76 valence electrons. The van der Waals surface area contributed by atoms with Gasteiger partial charge in [-0.3, -0.25) is 0 Å². The van der Waals surface area contributed by atoms with Gasteiger partial charge in [0.25, 0.3) is 0 Å². The Kier molecular flexibility index (Phi) is 4.33. The first kappa shape index (κ1) is 10.9. The van der Waals surface area contributed by atoms with E-state index in [9.17, 15) is 9.90 Å². The van der Waals surface area contributed by atoms with Crippen molar-refractivity contribution in [1.82, 2.24) is 0 Å². The molecule has 0 aliphatic heterocycles. The third-order valence-corrected chi connectivity index (χ3v) is 2.42. The van der Waals surface area contributed by atoms with Crippen LogP contribution in [0.2, 0.25) is 0 Å². The number of aliphatic hydroxyl groups is 1. The van der Waals surface area contributed by atoms with Crippen molar-refractivity contribution in [2.24, 2.45) is 5.92 Å². The lowest BCUT2D eigenvalue weighted by molar-refractivity contribution is -0.108. The maximum atomic E-state index is 10.2. The second-order valence-corrected chi connectivity index (χ2v) is 3.58. The average Bonchev–Trinajstić information content (AvgIpc) is 2.26. The van der Waals surface area contributed by atoms with Gasteiger partial charge in [0.05, 0.1) is 6.10 Å². The highest BCUT2D eigenvalue weighted by Crippen LogP contribution is 2.24. The minimum Gasteiger partial charge on any atom is -0.388 e. The van der Waals surface area contributed by atoms with Crippen molar-refractivity contribution in [3.63, 3.8) is 0 Å². The Morgan fingerprint density at radius 1 is 1.36 bits per heavy atom. The Labute approximate surface area is 84.6 Å². The molecule has 0 saturated carbocycles. The third-order valence-electron chi connectivity index (χ3n) is 2.42. The topological polar surface area (TPSA) is 37.3 Å². The van der Waals surface area contributed by atoms with E-state index in [0.717, 1.165) is 18.3 Å². The highest BCUT2D eigenvalue weighted by Gasteiger charge is 2.15. The van der Waals surface area contributed by atoms with Crippen molar-refractivity contribution in [1.29, 1.82) is 0 Å². The first-order chi connectivity index (χ1) is 6.75. The SMILES string of the molecule is CC(CCC=O)C(O)c1ccccc1. The van der Waals surface area contributed by atoms with Gasteiger partial charge in [0.15, 0.2) is 0 Å². The number of aliphatic hydroxyl groups excluding tert-OH is 1. The normalized spacial score (nSPS) is 14.7. The van der Waals surface area contributed by atoms with Gasteiger partial charge in [-0.2, -0.15) is 0 Å². The molecule has 1 aromatic rings. The summed E-state index contributed by atoms with van der Waals surface area (Å²) in [6, 6.07) is 9.55. The van der Waals surface area contributed by atoms with E-state index in [1.165, 1.54) is 0 Å². The minimum absolute atomic E-state index is 0.127. The van der Waals surface area contributed by atoms with Gasteiger partial charge in [0.1, 0.15) is 6.29 Å². The lowest BCUT2D eigenvalue weighted by atomic mass is 9.94. The number of benzene rings is 1. The molecule has 0 bridgehead atoms. The standard InChI is InChI=1S/C12H16O2/c1-10(6-5-9-13)12(14)11-7-3-2-4-8-11/h2-4,7-10,12,14H,5-6H2,1H3. The summed E-state index contributed by atoms with van der Waals surface area (Å²) in [5.41, 5.74) is 0.922. The van der Waals surface area contributed by atoms with Crippen LogP contribution in [0.25, 0.3) is 0 Å². The molecule has 0 spiro atoms. The zero-order valence-corrected chi connectivity index (χ0v) is 8.39. The van der Waals surface area contributed by atoms with Gasteiger partial charge in [-0.25, -0.2) is 0 Å². The summed E-state index contributed by atoms with van der Waals surface area (Å²) in [5.74, 6) is 0.127. The fourth-order valence-electron chi connectivity index (χ4n) is 1.47. The molecule has 0 aromatic heterocycles. The first-order valence-corrected chi connectivity index (χ1v) is 4.92. The predicted molar refractivity (Wildman–Crippen MR) is 55.9 cm³/mol. The van der Waals surface area contributed by atoms with Crippen LogP contribution in [-0.2, 0) is 4.79 Å². The van der Waals surface area contributed by atoms with Gasteiger partial charge in [-0.05, 0) is 17.9 Å². The minimum atomic E-state index is -0.462. The summed E-state index contributed by atoms with van der Waals surface area (Å²) in [7, 11) is 0.